The van der Waals surface area contributed by atoms with Crippen molar-refractivity contribution in [2.75, 3.05) is 0 Å². The van der Waals surface area contributed by atoms with E-state index in [2.05, 4.69) is 52.8 Å². The fraction of sp³-hybridized carbons (Fsp3) is 0.500. The topological polar surface area (TPSA) is 38.7 Å². The van der Waals surface area contributed by atoms with Crippen LogP contribution in [0.4, 0.5) is 0 Å². The van der Waals surface area contributed by atoms with Gasteiger partial charge in [0.2, 0.25) is 0 Å². The van der Waals surface area contributed by atoms with E-state index in [1.54, 1.807) is 0 Å². The molecule has 3 nitrogen and oxygen atoms in total. The van der Waals surface area contributed by atoms with Crippen LogP contribution < -0.4 is 4.74 Å². The van der Waals surface area contributed by atoms with Crippen LogP contribution in [-0.4, -0.2) is 16.8 Å². The number of fused-ring (bicyclic) bond motifs is 2. The molecule has 4 rings (SSSR count). The summed E-state index contributed by atoms with van der Waals surface area (Å²) in [7, 11) is 0. The first-order valence-corrected chi connectivity index (χ1v) is 8.42. The number of aryl methyl sites for hydroxylation is 1. The van der Waals surface area contributed by atoms with Crippen LogP contribution in [0.5, 0.6) is 11.5 Å². The molecular weight excluding hydrogens is 288 g/mol. The largest absolute Gasteiger partial charge is 0.504 e. The minimum atomic E-state index is -0.206. The van der Waals surface area contributed by atoms with E-state index in [4.69, 9.17) is 9.47 Å². The Hall–Kier alpha value is -1.74. The smallest absolute Gasteiger partial charge is 0.170 e. The van der Waals surface area contributed by atoms with Crippen LogP contribution in [0.15, 0.2) is 18.2 Å². The zero-order chi connectivity index (χ0) is 16.5. The number of benzene rings is 2. The summed E-state index contributed by atoms with van der Waals surface area (Å²) in [5.74, 6) is 1.19. The number of phenols is 1. The molecule has 2 heterocycles. The minimum absolute atomic E-state index is 0.0323. The quantitative estimate of drug-likeness (QED) is 0.807. The van der Waals surface area contributed by atoms with Crippen molar-refractivity contribution in [3.8, 4) is 11.5 Å². The molecule has 0 saturated carbocycles. The Morgan fingerprint density at radius 2 is 2.00 bits per heavy atom. The summed E-state index contributed by atoms with van der Waals surface area (Å²) in [6, 6.07) is 6.36. The predicted molar refractivity (Wildman–Crippen MR) is 91.4 cm³/mol. The van der Waals surface area contributed by atoms with Crippen molar-refractivity contribution in [2.24, 2.45) is 0 Å². The first-order chi connectivity index (χ1) is 10.8. The molecule has 2 aromatic rings. The summed E-state index contributed by atoms with van der Waals surface area (Å²) in [5.41, 5.74) is 3.12. The van der Waals surface area contributed by atoms with Gasteiger partial charge in [-0.3, -0.25) is 0 Å². The summed E-state index contributed by atoms with van der Waals surface area (Å²) >= 11 is 0. The van der Waals surface area contributed by atoms with Crippen molar-refractivity contribution >= 4 is 10.8 Å². The summed E-state index contributed by atoms with van der Waals surface area (Å²) in [6.07, 6.45) is 0.749. The molecule has 1 N–H and O–H groups in total. The van der Waals surface area contributed by atoms with Gasteiger partial charge in [0.05, 0.1) is 5.60 Å². The van der Waals surface area contributed by atoms with Crippen molar-refractivity contribution in [3.63, 3.8) is 0 Å². The van der Waals surface area contributed by atoms with E-state index in [0.29, 0.717) is 11.5 Å². The van der Waals surface area contributed by atoms with Gasteiger partial charge in [0.1, 0.15) is 12.2 Å². The first-order valence-electron chi connectivity index (χ1n) is 8.42. The van der Waals surface area contributed by atoms with Crippen molar-refractivity contribution in [1.82, 2.24) is 0 Å². The SMILES string of the molecule is Cc1ccc2cc(C(C)C)c(O)c3c2c1C1OC(C)(C)CC1O3. The Bertz CT molecular complexity index is 804. The minimum Gasteiger partial charge on any atom is -0.504 e. The fourth-order valence-corrected chi connectivity index (χ4v) is 4.08. The van der Waals surface area contributed by atoms with E-state index in [1.807, 2.05) is 0 Å². The van der Waals surface area contributed by atoms with Crippen LogP contribution in [-0.2, 0) is 4.74 Å². The van der Waals surface area contributed by atoms with Crippen molar-refractivity contribution in [2.45, 2.75) is 64.8 Å². The van der Waals surface area contributed by atoms with Crippen LogP contribution in [0.3, 0.4) is 0 Å². The molecule has 0 spiro atoms. The Kier molecular flexibility index (Phi) is 2.99. The highest BCUT2D eigenvalue weighted by atomic mass is 16.6. The molecule has 0 aromatic heterocycles. The molecular formula is C20H24O3. The normalized spacial score (nSPS) is 24.8. The van der Waals surface area contributed by atoms with Gasteiger partial charge in [0.25, 0.3) is 0 Å². The van der Waals surface area contributed by atoms with Gasteiger partial charge < -0.3 is 14.6 Å². The molecule has 1 saturated heterocycles. The Balaban J connectivity index is 2.04. The Morgan fingerprint density at radius 1 is 1.26 bits per heavy atom. The molecule has 2 aliphatic rings. The second-order valence-corrected chi connectivity index (χ2v) is 7.85. The molecule has 0 amide bonds. The molecule has 23 heavy (non-hydrogen) atoms. The number of rotatable bonds is 1. The standard InChI is InChI=1S/C20H24O3/c1-10(2)13-8-12-7-6-11(3)15-16(12)19(17(13)21)22-14-9-20(4,5)23-18(14)15/h6-8,10,14,18,21H,9H2,1-5H3. The number of hydrogen-bond donors (Lipinski definition) is 1. The molecule has 122 valence electrons. The number of aromatic hydroxyl groups is 1. The highest BCUT2D eigenvalue weighted by molar-refractivity contribution is 5.96. The van der Waals surface area contributed by atoms with E-state index in [0.717, 1.165) is 22.8 Å². The van der Waals surface area contributed by atoms with Gasteiger partial charge in [-0.2, -0.15) is 0 Å². The zero-order valence-corrected chi connectivity index (χ0v) is 14.4. The van der Waals surface area contributed by atoms with Crippen molar-refractivity contribution < 1.29 is 14.6 Å². The van der Waals surface area contributed by atoms with E-state index >= 15 is 0 Å². The molecule has 2 unspecified atom stereocenters. The van der Waals surface area contributed by atoms with Crippen LogP contribution in [0.1, 0.15) is 62.8 Å². The number of ether oxygens (including phenoxy) is 2. The predicted octanol–water partition coefficient (Wildman–Crippen LogP) is 4.98. The summed E-state index contributed by atoms with van der Waals surface area (Å²) in [5, 5.41) is 12.9. The van der Waals surface area contributed by atoms with Gasteiger partial charge in [-0.05, 0) is 49.3 Å². The van der Waals surface area contributed by atoms with Crippen LogP contribution in [0, 0.1) is 6.92 Å². The maximum absolute atomic E-state index is 10.8. The third kappa shape index (κ3) is 2.06. The lowest BCUT2D eigenvalue weighted by molar-refractivity contribution is -0.0320. The molecule has 1 fully saturated rings. The molecule has 2 aromatic carbocycles. The second kappa shape index (κ2) is 4.64. The lowest BCUT2D eigenvalue weighted by Gasteiger charge is -2.31. The van der Waals surface area contributed by atoms with Crippen molar-refractivity contribution in [1.29, 1.82) is 0 Å². The first kappa shape index (κ1) is 14.8. The Morgan fingerprint density at radius 3 is 2.70 bits per heavy atom. The van der Waals surface area contributed by atoms with E-state index in [1.165, 1.54) is 11.1 Å². The van der Waals surface area contributed by atoms with Gasteiger partial charge in [0, 0.05) is 17.4 Å². The molecule has 0 aliphatic carbocycles. The van der Waals surface area contributed by atoms with Gasteiger partial charge in [-0.1, -0.05) is 26.0 Å². The molecule has 3 heteroatoms. The Labute approximate surface area is 137 Å². The lowest BCUT2D eigenvalue weighted by atomic mass is 9.87. The van der Waals surface area contributed by atoms with Crippen LogP contribution in [0.2, 0.25) is 0 Å². The van der Waals surface area contributed by atoms with E-state index in [9.17, 15) is 5.11 Å². The second-order valence-electron chi connectivity index (χ2n) is 7.85. The summed E-state index contributed by atoms with van der Waals surface area (Å²) < 4.78 is 12.6. The van der Waals surface area contributed by atoms with E-state index < -0.39 is 0 Å². The average Bonchev–Trinajstić information content (AvgIpc) is 2.77. The fourth-order valence-electron chi connectivity index (χ4n) is 4.08. The van der Waals surface area contributed by atoms with Crippen LogP contribution >= 0.6 is 0 Å². The number of hydrogen-bond acceptors (Lipinski definition) is 3. The summed E-state index contributed by atoms with van der Waals surface area (Å²) in [4.78, 5) is 0. The van der Waals surface area contributed by atoms with Crippen molar-refractivity contribution in [3.05, 3.63) is 34.9 Å². The van der Waals surface area contributed by atoms with E-state index in [-0.39, 0.29) is 23.7 Å². The molecule has 0 radical (unpaired) electrons. The average molecular weight is 312 g/mol. The third-order valence-electron chi connectivity index (χ3n) is 5.17. The number of phenolic OH excluding ortho intramolecular Hbond substituents is 1. The highest BCUT2D eigenvalue weighted by Gasteiger charge is 2.47. The monoisotopic (exact) mass is 312 g/mol. The van der Waals surface area contributed by atoms with Gasteiger partial charge in [-0.15, -0.1) is 0 Å². The van der Waals surface area contributed by atoms with Crippen LogP contribution in [0.25, 0.3) is 10.8 Å². The third-order valence-corrected chi connectivity index (χ3v) is 5.17. The molecule has 2 aliphatic heterocycles. The summed E-state index contributed by atoms with van der Waals surface area (Å²) in [6.45, 7) is 10.5. The molecule has 0 bridgehead atoms. The lowest BCUT2D eigenvalue weighted by Crippen LogP contribution is -2.26. The maximum atomic E-state index is 10.8. The highest BCUT2D eigenvalue weighted by Crippen LogP contribution is 2.54. The molecule has 2 atom stereocenters. The van der Waals surface area contributed by atoms with Gasteiger partial charge in [0.15, 0.2) is 11.5 Å². The van der Waals surface area contributed by atoms with Gasteiger partial charge >= 0.3 is 0 Å². The zero-order valence-electron chi connectivity index (χ0n) is 14.4. The maximum Gasteiger partial charge on any atom is 0.170 e. The van der Waals surface area contributed by atoms with Gasteiger partial charge in [-0.25, -0.2) is 0 Å².